The topological polar surface area (TPSA) is 93.1 Å². The van der Waals surface area contributed by atoms with Gasteiger partial charge in [0.1, 0.15) is 13.2 Å². The summed E-state index contributed by atoms with van der Waals surface area (Å²) in [5, 5.41) is 17.6. The van der Waals surface area contributed by atoms with E-state index in [9.17, 15) is 9.59 Å². The third-order valence-corrected chi connectivity index (χ3v) is 8.81. The molecule has 0 aliphatic carbocycles. The van der Waals surface area contributed by atoms with Crippen molar-refractivity contribution in [3.05, 3.63) is 0 Å². The molecule has 0 bridgehead atoms. The van der Waals surface area contributed by atoms with Gasteiger partial charge in [-0.2, -0.15) is 0 Å². The number of carbonyl (C=O) groups excluding carboxylic acids is 2. The fourth-order valence-corrected chi connectivity index (χ4v) is 5.80. The van der Waals surface area contributed by atoms with E-state index in [1.165, 1.54) is 167 Å². The van der Waals surface area contributed by atoms with Crippen molar-refractivity contribution in [3.63, 3.8) is 0 Å². The second-order valence-electron chi connectivity index (χ2n) is 13.9. The van der Waals surface area contributed by atoms with Crippen LogP contribution in [-0.4, -0.2) is 48.1 Å². The quantitative estimate of drug-likeness (QED) is 0.0509. The molecule has 0 saturated heterocycles. The van der Waals surface area contributed by atoms with Crippen molar-refractivity contribution in [2.24, 2.45) is 0 Å². The van der Waals surface area contributed by atoms with Crippen molar-refractivity contribution >= 4 is 11.9 Å². The Hall–Kier alpha value is -1.14. The maximum Gasteiger partial charge on any atom is 0.305 e. The molecule has 0 aromatic carbocycles. The highest BCUT2D eigenvalue weighted by atomic mass is 16.5. The van der Waals surface area contributed by atoms with E-state index in [0.717, 1.165) is 25.7 Å². The number of rotatable bonds is 36. The smallest absolute Gasteiger partial charge is 0.305 e. The maximum absolute atomic E-state index is 11.3. The van der Waals surface area contributed by atoms with E-state index in [2.05, 4.69) is 13.8 Å². The average molecular weight is 671 g/mol. The van der Waals surface area contributed by atoms with Gasteiger partial charge in [0.2, 0.25) is 0 Å². The van der Waals surface area contributed by atoms with Crippen LogP contribution in [0.25, 0.3) is 0 Å². The minimum Gasteiger partial charge on any atom is -0.463 e. The molecule has 0 heterocycles. The van der Waals surface area contributed by atoms with Crippen molar-refractivity contribution in [2.45, 2.75) is 232 Å². The van der Waals surface area contributed by atoms with Gasteiger partial charge in [0.25, 0.3) is 0 Å². The van der Waals surface area contributed by atoms with Gasteiger partial charge in [-0.05, 0) is 19.8 Å². The first-order valence-corrected chi connectivity index (χ1v) is 20.6. The number of aliphatic hydroxyl groups is 2. The molecule has 282 valence electrons. The van der Waals surface area contributed by atoms with Crippen molar-refractivity contribution in [1.29, 1.82) is 0 Å². The zero-order chi connectivity index (χ0) is 34.9. The Morgan fingerprint density at radius 1 is 0.447 bits per heavy atom. The minimum absolute atomic E-state index is 0.0788. The molecular weight excluding hydrogens is 588 g/mol. The summed E-state index contributed by atoms with van der Waals surface area (Å²) in [5.41, 5.74) is 0. The number of unbranched alkanes of at least 4 members (excludes halogenated alkanes) is 28. The molecule has 47 heavy (non-hydrogen) atoms. The van der Waals surface area contributed by atoms with Crippen LogP contribution in [0.1, 0.15) is 226 Å². The Morgan fingerprint density at radius 2 is 0.702 bits per heavy atom. The van der Waals surface area contributed by atoms with E-state index in [4.69, 9.17) is 19.7 Å². The van der Waals surface area contributed by atoms with Gasteiger partial charge in [0, 0.05) is 12.8 Å². The number of aliphatic hydroxyl groups excluding tert-OH is 2. The summed E-state index contributed by atoms with van der Waals surface area (Å²) >= 11 is 0. The Kier molecular flexibility index (Phi) is 43.8. The molecule has 0 aliphatic heterocycles. The van der Waals surface area contributed by atoms with Gasteiger partial charge in [-0.15, -0.1) is 0 Å². The Bertz CT molecular complexity index is 609. The lowest BCUT2D eigenvalue weighted by atomic mass is 10.0. The number of esters is 2. The number of hydrogen-bond acceptors (Lipinski definition) is 6. The molecule has 0 aromatic heterocycles. The number of ether oxygens (including phenoxy) is 2. The normalized spacial score (nSPS) is 11.6. The van der Waals surface area contributed by atoms with Crippen molar-refractivity contribution < 1.29 is 29.3 Å². The second-order valence-corrected chi connectivity index (χ2v) is 13.9. The van der Waals surface area contributed by atoms with E-state index < -0.39 is 6.10 Å². The molecule has 0 rings (SSSR count). The van der Waals surface area contributed by atoms with Crippen LogP contribution in [0.15, 0.2) is 0 Å². The molecule has 0 saturated carbocycles. The minimum atomic E-state index is -0.560. The van der Waals surface area contributed by atoms with Crippen LogP contribution in [0.4, 0.5) is 0 Å². The van der Waals surface area contributed by atoms with Gasteiger partial charge in [-0.1, -0.05) is 194 Å². The molecule has 6 nitrogen and oxygen atoms in total. The molecule has 1 unspecified atom stereocenters. The van der Waals surface area contributed by atoms with Crippen LogP contribution in [0.3, 0.4) is 0 Å². The van der Waals surface area contributed by atoms with Crippen LogP contribution >= 0.6 is 0 Å². The van der Waals surface area contributed by atoms with Crippen molar-refractivity contribution in [2.75, 3.05) is 19.8 Å². The summed E-state index contributed by atoms with van der Waals surface area (Å²) in [6.07, 6.45) is 40.3. The molecule has 1 atom stereocenters. The van der Waals surface area contributed by atoms with Crippen LogP contribution in [0, 0.1) is 0 Å². The summed E-state index contributed by atoms with van der Waals surface area (Å²) in [6, 6.07) is 0. The summed E-state index contributed by atoms with van der Waals surface area (Å²) < 4.78 is 9.75. The van der Waals surface area contributed by atoms with Gasteiger partial charge in [0.05, 0.1) is 12.7 Å². The Morgan fingerprint density at radius 3 is 0.957 bits per heavy atom. The SMILES string of the molecule is CCCCCCCCCCCCCCCCCC(=O)OCC(C)O.CCCCCCCCCCCCCCCCCC(=O)OCCO. The Labute approximate surface area is 292 Å². The first-order chi connectivity index (χ1) is 23.0. The highest BCUT2D eigenvalue weighted by Crippen LogP contribution is 2.15. The molecule has 6 heteroatoms. The molecule has 0 amide bonds. The molecule has 0 aromatic rings. The number of hydrogen-bond donors (Lipinski definition) is 2. The molecule has 0 radical (unpaired) electrons. The lowest BCUT2D eigenvalue weighted by Crippen LogP contribution is -2.14. The largest absolute Gasteiger partial charge is 0.463 e. The summed E-state index contributed by atoms with van der Waals surface area (Å²) in [7, 11) is 0. The third-order valence-electron chi connectivity index (χ3n) is 8.81. The highest BCUT2D eigenvalue weighted by Gasteiger charge is 2.05. The molecule has 0 fully saturated rings. The predicted octanol–water partition coefficient (Wildman–Crippen LogP) is 12.0. The van der Waals surface area contributed by atoms with Crippen molar-refractivity contribution in [1.82, 2.24) is 0 Å². The average Bonchev–Trinajstić information content (AvgIpc) is 3.06. The Balaban J connectivity index is 0. The highest BCUT2D eigenvalue weighted by molar-refractivity contribution is 5.69. The first-order valence-electron chi connectivity index (χ1n) is 20.6. The van der Waals surface area contributed by atoms with Crippen LogP contribution in [0.5, 0.6) is 0 Å². The van der Waals surface area contributed by atoms with E-state index in [0.29, 0.717) is 12.8 Å². The zero-order valence-electron chi connectivity index (χ0n) is 31.9. The summed E-state index contributed by atoms with van der Waals surface area (Å²) in [5.74, 6) is -0.348. The molecule has 0 aliphatic rings. The summed E-state index contributed by atoms with van der Waals surface area (Å²) in [4.78, 5) is 22.6. The van der Waals surface area contributed by atoms with E-state index >= 15 is 0 Å². The standard InChI is InChI=1S/C21H42O3.C20H40O3/c1-3-4-5-6-7-8-9-10-11-12-13-14-15-16-17-18-21(23)24-19-20(2)22;1-2-3-4-5-6-7-8-9-10-11-12-13-14-15-16-17-20(22)23-19-18-21/h20,22H,3-19H2,1-2H3;21H,2-19H2,1H3. The molecule has 0 spiro atoms. The van der Waals surface area contributed by atoms with E-state index in [1.54, 1.807) is 6.92 Å². The molecule has 2 N–H and O–H groups in total. The lowest BCUT2D eigenvalue weighted by Gasteiger charge is -2.06. The van der Waals surface area contributed by atoms with Gasteiger partial charge in [0.15, 0.2) is 0 Å². The third kappa shape index (κ3) is 47.0. The van der Waals surface area contributed by atoms with Crippen LogP contribution in [-0.2, 0) is 19.1 Å². The van der Waals surface area contributed by atoms with Gasteiger partial charge in [-0.25, -0.2) is 0 Å². The number of carbonyl (C=O) groups is 2. The van der Waals surface area contributed by atoms with E-state index in [1.807, 2.05) is 0 Å². The summed E-state index contributed by atoms with van der Waals surface area (Å²) in [6.45, 7) is 6.35. The maximum atomic E-state index is 11.3. The predicted molar refractivity (Wildman–Crippen MR) is 200 cm³/mol. The van der Waals surface area contributed by atoms with Gasteiger partial charge < -0.3 is 19.7 Å². The lowest BCUT2D eigenvalue weighted by molar-refractivity contribution is -0.146. The van der Waals surface area contributed by atoms with E-state index in [-0.39, 0.29) is 31.8 Å². The van der Waals surface area contributed by atoms with Gasteiger partial charge in [-0.3, -0.25) is 9.59 Å². The zero-order valence-corrected chi connectivity index (χ0v) is 31.9. The van der Waals surface area contributed by atoms with Crippen LogP contribution < -0.4 is 0 Å². The van der Waals surface area contributed by atoms with Gasteiger partial charge >= 0.3 is 11.9 Å². The van der Waals surface area contributed by atoms with Crippen LogP contribution in [0.2, 0.25) is 0 Å². The fraction of sp³-hybridized carbons (Fsp3) is 0.951. The first kappa shape index (κ1) is 48.0. The monoisotopic (exact) mass is 671 g/mol. The van der Waals surface area contributed by atoms with Crippen molar-refractivity contribution in [3.8, 4) is 0 Å². The fourth-order valence-electron chi connectivity index (χ4n) is 5.80. The second kappa shape index (κ2) is 42.9. The molecular formula is C41H82O6.